The molecule has 6 rings (SSSR count). The van der Waals surface area contributed by atoms with E-state index in [0.29, 0.717) is 16.7 Å². The molecule has 16 nitrogen and oxygen atoms in total. The molecule has 0 bridgehead atoms. The van der Waals surface area contributed by atoms with Crippen LogP contribution in [0.25, 0.3) is 11.4 Å². The number of hydrogen-bond donors (Lipinski definition) is 0. The predicted octanol–water partition coefficient (Wildman–Crippen LogP) is 5.79. The second-order valence-electron chi connectivity index (χ2n) is 11.1. The molecule has 1 saturated heterocycles. The Kier molecular flexibility index (Phi) is 9.71. The Bertz CT molecular complexity index is 2090. The molecule has 3 aromatic carbocycles. The topological polar surface area (TPSA) is 203 Å². The summed E-state index contributed by atoms with van der Waals surface area (Å²) >= 11 is 4.60. The molecule has 0 aliphatic carbocycles. The number of halogens is 1. The number of hydrogen-bond acceptors (Lipinski definition) is 13. The fourth-order valence-corrected chi connectivity index (χ4v) is 7.60. The van der Waals surface area contributed by atoms with Crippen LogP contribution in [-0.2, 0) is 41.8 Å². The summed E-state index contributed by atoms with van der Waals surface area (Å²) in [6.07, 6.45) is -0.960. The van der Waals surface area contributed by atoms with Crippen molar-refractivity contribution in [3.63, 3.8) is 0 Å². The molecule has 2 aliphatic heterocycles. The number of aromatic nitrogens is 2. The maximum atomic E-state index is 13.9. The average molecular weight is 779 g/mol. The number of β-lactam (4-membered cyclic amide) rings is 1. The van der Waals surface area contributed by atoms with Gasteiger partial charge >= 0.3 is 18.0 Å². The second-order valence-corrected chi connectivity index (χ2v) is 13.4. The number of amides is 1. The zero-order chi connectivity index (χ0) is 36.4. The maximum Gasteiger partial charge on any atom is 0.420 e. The standard InChI is InChI=1S/C33H24BrN5O11S/c1-19(40)50-27(33(34)30(42)37-26(18-51-31(33)37)29(41)48-16-20-7-11-23(12-8-20)38(44)45)25-15-36(28(35-25)22-5-3-2-4-6-22)32(43)49-17-21-9-13-24(14-10-21)39(46)47/h2-15,18,27,31H,16-17H2,1H3/t27?,31-,33?/m1/s1. The van der Waals surface area contributed by atoms with Crippen LogP contribution >= 0.6 is 27.7 Å². The molecule has 51 heavy (non-hydrogen) atoms. The number of non-ortho nitro benzene ring substituents is 2. The molecule has 0 spiro atoms. The molecule has 0 radical (unpaired) electrons. The van der Waals surface area contributed by atoms with Gasteiger partial charge < -0.3 is 14.2 Å². The Hall–Kier alpha value is -5.88. The Morgan fingerprint density at radius 3 is 2.04 bits per heavy atom. The fourth-order valence-electron chi connectivity index (χ4n) is 5.34. The summed E-state index contributed by atoms with van der Waals surface area (Å²) in [6, 6.07) is 19.5. The van der Waals surface area contributed by atoms with Gasteiger partial charge in [0, 0.05) is 48.4 Å². The summed E-state index contributed by atoms with van der Waals surface area (Å²) in [7, 11) is 0. The number of nitro benzene ring substituents is 2. The Labute approximate surface area is 300 Å². The monoisotopic (exact) mass is 777 g/mol. The van der Waals surface area contributed by atoms with E-state index in [-0.39, 0.29) is 41.8 Å². The van der Waals surface area contributed by atoms with E-state index in [0.717, 1.165) is 23.3 Å². The third-order valence-electron chi connectivity index (χ3n) is 7.83. The highest BCUT2D eigenvalue weighted by Gasteiger charge is 2.69. The van der Waals surface area contributed by atoms with Crippen molar-refractivity contribution >= 4 is 63.0 Å². The molecule has 260 valence electrons. The third kappa shape index (κ3) is 6.82. The van der Waals surface area contributed by atoms with E-state index in [2.05, 4.69) is 20.9 Å². The maximum absolute atomic E-state index is 13.9. The zero-order valence-electron chi connectivity index (χ0n) is 26.2. The number of nitrogens with zero attached hydrogens (tertiary/aromatic N) is 5. The minimum atomic E-state index is -1.63. The largest absolute Gasteiger partial charge is 0.456 e. The van der Waals surface area contributed by atoms with Gasteiger partial charge in [0.2, 0.25) is 0 Å². The van der Waals surface area contributed by atoms with Gasteiger partial charge in [0.25, 0.3) is 17.3 Å². The SMILES string of the molecule is CC(=O)OC(c1cn(C(=O)OCc2ccc([N+](=O)[O-])cc2)c(-c2ccccc2)n1)C1(Br)C(=O)N2C(C(=O)OCc3ccc([N+](=O)[O-])cc3)=CS[C@@H]21. The van der Waals surface area contributed by atoms with Crippen LogP contribution in [0.2, 0.25) is 0 Å². The summed E-state index contributed by atoms with van der Waals surface area (Å²) in [6.45, 7) is 0.717. The minimum Gasteiger partial charge on any atom is -0.456 e. The van der Waals surface area contributed by atoms with Gasteiger partial charge in [-0.25, -0.2) is 19.1 Å². The third-order valence-corrected chi connectivity index (χ3v) is 10.5. The molecule has 1 amide bonds. The summed E-state index contributed by atoms with van der Waals surface area (Å²) < 4.78 is 16.0. The first-order chi connectivity index (χ1) is 24.4. The minimum absolute atomic E-state index is 0.0241. The van der Waals surface area contributed by atoms with Crippen molar-refractivity contribution in [3.05, 3.63) is 133 Å². The molecule has 1 aromatic heterocycles. The van der Waals surface area contributed by atoms with Crippen molar-refractivity contribution in [2.75, 3.05) is 0 Å². The van der Waals surface area contributed by atoms with Crippen LogP contribution in [0.4, 0.5) is 16.2 Å². The molecule has 3 heterocycles. The van der Waals surface area contributed by atoms with Crippen molar-refractivity contribution < 1.29 is 43.2 Å². The normalized spacial score (nSPS) is 18.2. The van der Waals surface area contributed by atoms with E-state index in [4.69, 9.17) is 14.2 Å². The number of thioether (sulfide) groups is 1. The van der Waals surface area contributed by atoms with Gasteiger partial charge in [-0.2, -0.15) is 0 Å². The van der Waals surface area contributed by atoms with Crippen molar-refractivity contribution in [3.8, 4) is 11.4 Å². The molecular weight excluding hydrogens is 754 g/mol. The van der Waals surface area contributed by atoms with Crippen molar-refractivity contribution in [1.29, 1.82) is 0 Å². The van der Waals surface area contributed by atoms with Gasteiger partial charge in [-0.3, -0.25) is 34.7 Å². The molecular formula is C33H24BrN5O11S. The number of benzene rings is 3. The number of nitro groups is 2. The number of carbonyl (C=O) groups is 4. The summed E-state index contributed by atoms with van der Waals surface area (Å²) in [5.41, 5.74) is 1.20. The van der Waals surface area contributed by atoms with E-state index in [1.54, 1.807) is 30.3 Å². The summed E-state index contributed by atoms with van der Waals surface area (Å²) in [5, 5.41) is 22.6. The summed E-state index contributed by atoms with van der Waals surface area (Å²) in [4.78, 5) is 79.4. The number of ether oxygens (including phenoxy) is 3. The van der Waals surface area contributed by atoms with E-state index < -0.39 is 49.6 Å². The Morgan fingerprint density at radius 2 is 1.49 bits per heavy atom. The lowest BCUT2D eigenvalue weighted by molar-refractivity contribution is -0.385. The van der Waals surface area contributed by atoms with Crippen LogP contribution < -0.4 is 0 Å². The van der Waals surface area contributed by atoms with Crippen LogP contribution in [0.5, 0.6) is 0 Å². The number of imidazole rings is 1. The van der Waals surface area contributed by atoms with Gasteiger partial charge in [0.05, 0.1) is 9.85 Å². The number of rotatable bonds is 11. The van der Waals surface area contributed by atoms with Crippen LogP contribution in [0.15, 0.2) is 96.2 Å². The molecule has 4 aromatic rings. The first-order valence-corrected chi connectivity index (χ1v) is 16.6. The van der Waals surface area contributed by atoms with Crippen LogP contribution in [0.3, 0.4) is 0 Å². The van der Waals surface area contributed by atoms with Gasteiger partial charge in [-0.1, -0.05) is 46.3 Å². The predicted molar refractivity (Wildman–Crippen MR) is 182 cm³/mol. The first kappa shape index (κ1) is 35.0. The number of esters is 2. The highest BCUT2D eigenvalue weighted by atomic mass is 79.9. The zero-order valence-corrected chi connectivity index (χ0v) is 28.6. The van der Waals surface area contributed by atoms with Crippen LogP contribution in [-0.4, -0.2) is 57.9 Å². The lowest BCUT2D eigenvalue weighted by atomic mass is 9.89. The lowest BCUT2D eigenvalue weighted by Gasteiger charge is -2.51. The van der Waals surface area contributed by atoms with Crippen molar-refractivity contribution in [1.82, 2.24) is 14.5 Å². The first-order valence-electron chi connectivity index (χ1n) is 14.9. The quantitative estimate of drug-likeness (QED) is 0.0442. The average Bonchev–Trinajstić information content (AvgIpc) is 3.76. The van der Waals surface area contributed by atoms with Gasteiger partial charge in [0.15, 0.2) is 10.4 Å². The van der Waals surface area contributed by atoms with Gasteiger partial charge in [-0.15, -0.1) is 11.8 Å². The molecule has 18 heteroatoms. The molecule has 2 unspecified atom stereocenters. The van der Waals surface area contributed by atoms with Crippen LogP contribution in [0.1, 0.15) is 29.8 Å². The van der Waals surface area contributed by atoms with Crippen molar-refractivity contribution in [2.24, 2.45) is 0 Å². The molecule has 3 atom stereocenters. The Morgan fingerprint density at radius 1 is 0.922 bits per heavy atom. The van der Waals surface area contributed by atoms with Crippen molar-refractivity contribution in [2.45, 2.75) is 35.9 Å². The molecule has 1 fully saturated rings. The van der Waals surface area contributed by atoms with Crippen LogP contribution in [0, 0.1) is 20.2 Å². The van der Waals surface area contributed by atoms with E-state index in [1.165, 1.54) is 65.0 Å². The van der Waals surface area contributed by atoms with Gasteiger partial charge in [0.1, 0.15) is 35.8 Å². The van der Waals surface area contributed by atoms with E-state index in [9.17, 15) is 39.4 Å². The van der Waals surface area contributed by atoms with E-state index in [1.807, 2.05) is 0 Å². The Balaban J connectivity index is 1.23. The number of fused-ring (bicyclic) bond motifs is 1. The van der Waals surface area contributed by atoms with E-state index >= 15 is 0 Å². The fraction of sp³-hybridized carbons (Fsp3) is 0.182. The smallest absolute Gasteiger partial charge is 0.420 e. The highest BCUT2D eigenvalue weighted by molar-refractivity contribution is 9.10. The summed E-state index contributed by atoms with van der Waals surface area (Å²) in [5.74, 6) is -2.09. The molecule has 0 N–H and O–H groups in total. The van der Waals surface area contributed by atoms with Gasteiger partial charge in [-0.05, 0) is 35.4 Å². The molecule has 2 aliphatic rings. The second kappa shape index (κ2) is 14.2. The lowest BCUT2D eigenvalue weighted by Crippen LogP contribution is -2.70. The number of alkyl halides is 1. The molecule has 0 saturated carbocycles. The highest BCUT2D eigenvalue weighted by Crippen LogP contribution is 2.58. The number of carbonyl (C=O) groups excluding carboxylic acids is 4.